The number of carbonyl (C=O) groups is 1. The topological polar surface area (TPSA) is 88.1 Å². The number of aryl methyl sites for hydroxylation is 1. The number of ether oxygens (including phenoxy) is 1. The fourth-order valence-corrected chi connectivity index (χ4v) is 3.01. The number of fused-ring (bicyclic) bond motifs is 1. The predicted octanol–water partition coefficient (Wildman–Crippen LogP) is 5.08. The summed E-state index contributed by atoms with van der Waals surface area (Å²) in [5.41, 5.74) is 3.43. The van der Waals surface area contributed by atoms with E-state index in [0.717, 1.165) is 5.56 Å². The van der Waals surface area contributed by atoms with Gasteiger partial charge in [-0.1, -0.05) is 48.0 Å². The maximum atomic E-state index is 11.3. The first-order chi connectivity index (χ1) is 13.0. The van der Waals surface area contributed by atoms with Crippen LogP contribution in [0, 0.1) is 6.92 Å². The minimum Gasteiger partial charge on any atom is -0.478 e. The van der Waals surface area contributed by atoms with Crippen LogP contribution in [0.15, 0.2) is 54.6 Å². The van der Waals surface area contributed by atoms with Crippen LogP contribution in [0.5, 0.6) is 11.8 Å². The van der Waals surface area contributed by atoms with E-state index in [9.17, 15) is 9.90 Å². The number of imidazole rings is 1. The van der Waals surface area contributed by atoms with E-state index < -0.39 is 5.97 Å². The van der Waals surface area contributed by atoms with E-state index in [1.54, 1.807) is 25.1 Å². The van der Waals surface area contributed by atoms with Crippen molar-refractivity contribution in [1.29, 1.82) is 0 Å². The first-order valence-electron chi connectivity index (χ1n) is 8.15. The monoisotopic (exact) mass is 379 g/mol. The Kier molecular flexibility index (Phi) is 4.25. The van der Waals surface area contributed by atoms with Crippen LogP contribution in [-0.2, 0) is 0 Å². The van der Waals surface area contributed by atoms with Crippen molar-refractivity contribution < 1.29 is 14.6 Å². The van der Waals surface area contributed by atoms with E-state index in [0.29, 0.717) is 33.2 Å². The third-order valence-electron chi connectivity index (χ3n) is 4.11. The molecule has 0 aliphatic rings. The largest absolute Gasteiger partial charge is 0.478 e. The third kappa shape index (κ3) is 3.35. The van der Waals surface area contributed by atoms with Crippen molar-refractivity contribution in [2.75, 3.05) is 0 Å². The predicted molar refractivity (Wildman–Crippen MR) is 103 cm³/mol. The number of halogens is 1. The van der Waals surface area contributed by atoms with E-state index in [1.807, 2.05) is 30.3 Å². The lowest BCUT2D eigenvalue weighted by molar-refractivity contribution is 0.0695. The van der Waals surface area contributed by atoms with Crippen molar-refractivity contribution in [3.63, 3.8) is 0 Å². The number of H-pyrrole nitrogens is 1. The minimum atomic E-state index is -1.01. The molecule has 0 saturated heterocycles. The summed E-state index contributed by atoms with van der Waals surface area (Å²) in [7, 11) is 0. The minimum absolute atomic E-state index is 0.177. The standard InChI is InChI=1S/C20H14ClN3O3/c1-11-7-8-13(9-14(11)19(25)26)27-20-22-16-10-15(21)17(23-18(16)24-20)12-5-3-2-4-6-12/h2-10H,1H3,(H,25,26)(H,22,23,24). The van der Waals surface area contributed by atoms with E-state index in [1.165, 1.54) is 6.07 Å². The molecule has 0 unspecified atom stereocenters. The Balaban J connectivity index is 1.70. The maximum Gasteiger partial charge on any atom is 0.336 e. The van der Waals surface area contributed by atoms with Crippen molar-refractivity contribution in [3.05, 3.63) is 70.7 Å². The molecule has 4 aromatic rings. The van der Waals surface area contributed by atoms with Gasteiger partial charge in [0.25, 0.3) is 0 Å². The van der Waals surface area contributed by atoms with Crippen LogP contribution in [-0.4, -0.2) is 26.0 Å². The van der Waals surface area contributed by atoms with Gasteiger partial charge in [0.1, 0.15) is 5.75 Å². The number of aromatic amines is 1. The zero-order valence-electron chi connectivity index (χ0n) is 14.2. The number of carboxylic acids is 1. The van der Waals surface area contributed by atoms with Crippen molar-refractivity contribution in [1.82, 2.24) is 15.0 Å². The average molecular weight is 380 g/mol. The van der Waals surface area contributed by atoms with E-state index in [-0.39, 0.29) is 11.6 Å². The van der Waals surface area contributed by atoms with Gasteiger partial charge in [-0.05, 0) is 30.7 Å². The Hall–Kier alpha value is -3.38. The van der Waals surface area contributed by atoms with Crippen LogP contribution in [0.1, 0.15) is 15.9 Å². The van der Waals surface area contributed by atoms with Crippen LogP contribution in [0.25, 0.3) is 22.4 Å². The van der Waals surface area contributed by atoms with Gasteiger partial charge in [0.2, 0.25) is 0 Å². The number of nitrogens with one attached hydrogen (secondary N) is 1. The summed E-state index contributed by atoms with van der Waals surface area (Å²) >= 11 is 6.36. The molecule has 2 aromatic heterocycles. The molecular weight excluding hydrogens is 366 g/mol. The average Bonchev–Trinajstić information content (AvgIpc) is 3.04. The van der Waals surface area contributed by atoms with Gasteiger partial charge in [-0.2, -0.15) is 4.98 Å². The molecule has 0 aliphatic carbocycles. The van der Waals surface area contributed by atoms with Crippen LogP contribution >= 0.6 is 11.6 Å². The smallest absolute Gasteiger partial charge is 0.336 e. The molecule has 2 heterocycles. The second kappa shape index (κ2) is 6.74. The molecule has 6 nitrogen and oxygen atoms in total. The van der Waals surface area contributed by atoms with Crippen LogP contribution in [0.4, 0.5) is 0 Å². The molecular formula is C20H14ClN3O3. The van der Waals surface area contributed by atoms with Crippen LogP contribution in [0.3, 0.4) is 0 Å². The molecule has 0 amide bonds. The number of pyridine rings is 1. The summed E-state index contributed by atoms with van der Waals surface area (Å²) in [6, 6.07) is 16.4. The summed E-state index contributed by atoms with van der Waals surface area (Å²) in [6.07, 6.45) is 0. The number of aromatic nitrogens is 3. The fourth-order valence-electron chi connectivity index (χ4n) is 2.75. The third-order valence-corrected chi connectivity index (χ3v) is 4.39. The highest BCUT2D eigenvalue weighted by Gasteiger charge is 2.14. The van der Waals surface area contributed by atoms with E-state index in [2.05, 4.69) is 15.0 Å². The molecule has 27 heavy (non-hydrogen) atoms. The van der Waals surface area contributed by atoms with Crippen molar-refractivity contribution in [2.24, 2.45) is 0 Å². The molecule has 0 saturated carbocycles. The summed E-state index contributed by atoms with van der Waals surface area (Å²) in [5.74, 6) is -0.644. The van der Waals surface area contributed by atoms with Gasteiger partial charge in [-0.25, -0.2) is 9.78 Å². The van der Waals surface area contributed by atoms with Crippen molar-refractivity contribution >= 4 is 28.7 Å². The summed E-state index contributed by atoms with van der Waals surface area (Å²) < 4.78 is 5.68. The van der Waals surface area contributed by atoms with E-state index in [4.69, 9.17) is 16.3 Å². The van der Waals surface area contributed by atoms with Gasteiger partial charge < -0.3 is 14.8 Å². The zero-order valence-corrected chi connectivity index (χ0v) is 15.0. The van der Waals surface area contributed by atoms with Gasteiger partial charge >= 0.3 is 12.0 Å². The highest BCUT2D eigenvalue weighted by molar-refractivity contribution is 6.33. The van der Waals surface area contributed by atoms with Gasteiger partial charge in [0, 0.05) is 5.56 Å². The second-order valence-electron chi connectivity index (χ2n) is 5.98. The van der Waals surface area contributed by atoms with Gasteiger partial charge in [-0.15, -0.1) is 0 Å². The summed E-state index contributed by atoms with van der Waals surface area (Å²) in [6.45, 7) is 1.73. The van der Waals surface area contributed by atoms with Crippen molar-refractivity contribution in [2.45, 2.75) is 6.92 Å². The molecule has 2 aromatic carbocycles. The molecule has 0 bridgehead atoms. The number of benzene rings is 2. The van der Waals surface area contributed by atoms with Crippen LogP contribution < -0.4 is 4.74 Å². The molecule has 0 spiro atoms. The maximum absolute atomic E-state index is 11.3. The van der Waals surface area contributed by atoms with E-state index >= 15 is 0 Å². The number of nitrogens with zero attached hydrogens (tertiary/aromatic N) is 2. The fraction of sp³-hybridized carbons (Fsp3) is 0.0500. The number of hydrogen-bond acceptors (Lipinski definition) is 4. The number of aromatic carboxylic acids is 1. The lowest BCUT2D eigenvalue weighted by Crippen LogP contribution is -2.00. The van der Waals surface area contributed by atoms with Gasteiger partial charge in [0.15, 0.2) is 5.65 Å². The molecule has 7 heteroatoms. The zero-order chi connectivity index (χ0) is 19.0. The quantitative estimate of drug-likeness (QED) is 0.516. The van der Waals surface area contributed by atoms with Crippen molar-refractivity contribution in [3.8, 4) is 23.0 Å². The second-order valence-corrected chi connectivity index (χ2v) is 6.39. The molecule has 134 valence electrons. The SMILES string of the molecule is Cc1ccc(Oc2nc3nc(-c4ccccc4)c(Cl)cc3[nH]2)cc1C(=O)O. The number of hydrogen-bond donors (Lipinski definition) is 2. The van der Waals surface area contributed by atoms with Gasteiger partial charge in [0.05, 0.1) is 21.8 Å². The Morgan fingerprint density at radius 1 is 1.11 bits per heavy atom. The lowest BCUT2D eigenvalue weighted by Gasteiger charge is -2.05. The number of rotatable bonds is 4. The first kappa shape index (κ1) is 17.1. The molecule has 0 fully saturated rings. The Morgan fingerprint density at radius 3 is 2.63 bits per heavy atom. The molecule has 0 radical (unpaired) electrons. The molecule has 0 aliphatic heterocycles. The molecule has 2 N–H and O–H groups in total. The lowest BCUT2D eigenvalue weighted by atomic mass is 10.1. The Bertz CT molecular complexity index is 1160. The van der Waals surface area contributed by atoms with Gasteiger partial charge in [-0.3, -0.25) is 0 Å². The Morgan fingerprint density at radius 2 is 1.89 bits per heavy atom. The highest BCUT2D eigenvalue weighted by atomic mass is 35.5. The highest BCUT2D eigenvalue weighted by Crippen LogP contribution is 2.30. The summed E-state index contributed by atoms with van der Waals surface area (Å²) in [4.78, 5) is 23.1. The van der Waals surface area contributed by atoms with Crippen LogP contribution in [0.2, 0.25) is 5.02 Å². The number of carboxylic acid groups (broad SMARTS) is 1. The molecule has 4 rings (SSSR count). The normalized spacial score (nSPS) is 10.9. The Labute approximate surface area is 159 Å². The molecule has 0 atom stereocenters. The summed E-state index contributed by atoms with van der Waals surface area (Å²) in [5, 5.41) is 9.73. The first-order valence-corrected chi connectivity index (χ1v) is 8.52.